The van der Waals surface area contributed by atoms with Crippen LogP contribution in [-0.4, -0.2) is 36.2 Å². The van der Waals surface area contributed by atoms with Crippen LogP contribution in [0.2, 0.25) is 0 Å². The van der Waals surface area contributed by atoms with Gasteiger partial charge in [-0.25, -0.2) is 4.99 Å². The Kier molecular flexibility index (Phi) is 10.8. The van der Waals surface area contributed by atoms with Crippen molar-refractivity contribution in [3.8, 4) is 0 Å². The number of hydrogen-bond acceptors (Lipinski definition) is 3. The molecular formula is C19H32IN3OS. The Labute approximate surface area is 174 Å². The first-order valence-corrected chi connectivity index (χ1v) is 9.96. The Balaban J connectivity index is 0.00000312. The summed E-state index contributed by atoms with van der Waals surface area (Å²) in [5, 5.41) is 6.88. The molecule has 2 N–H and O–H groups in total. The van der Waals surface area contributed by atoms with Crippen LogP contribution in [0.4, 0.5) is 0 Å². The third-order valence-electron chi connectivity index (χ3n) is 4.26. The van der Waals surface area contributed by atoms with Crippen LogP contribution in [0, 0.1) is 0 Å². The molecule has 0 radical (unpaired) electrons. The molecule has 1 heterocycles. The van der Waals surface area contributed by atoms with E-state index in [2.05, 4.69) is 60.5 Å². The summed E-state index contributed by atoms with van der Waals surface area (Å²) in [6, 6.07) is 8.38. The normalized spacial score (nSPS) is 20.2. The molecule has 1 aliphatic rings. The van der Waals surface area contributed by atoms with Crippen LogP contribution in [0.1, 0.15) is 44.7 Å². The molecule has 25 heavy (non-hydrogen) atoms. The summed E-state index contributed by atoms with van der Waals surface area (Å²) in [7, 11) is 0. The van der Waals surface area contributed by atoms with Crippen molar-refractivity contribution in [2.24, 2.45) is 4.99 Å². The molecule has 4 nitrogen and oxygen atoms in total. The Hall–Kier alpha value is -0.470. The SMILES string of the molecule is CCNC(=NCc1ccccc1COCC)NCC1(C)CCCS1.I. The Morgan fingerprint density at radius 3 is 2.64 bits per heavy atom. The van der Waals surface area contributed by atoms with Gasteiger partial charge in [0, 0.05) is 24.4 Å². The van der Waals surface area contributed by atoms with Gasteiger partial charge in [-0.3, -0.25) is 0 Å². The molecule has 1 aromatic rings. The standard InChI is InChI=1S/C19H31N3OS.HI/c1-4-20-18(22-15-19(3)11-8-12-24-19)21-13-16-9-6-7-10-17(16)14-23-5-2;/h6-7,9-10H,4-5,8,11-15H2,1-3H3,(H2,20,21,22);1H. The zero-order valence-electron chi connectivity index (χ0n) is 15.6. The lowest BCUT2D eigenvalue weighted by atomic mass is 10.1. The number of nitrogens with one attached hydrogen (secondary N) is 2. The average molecular weight is 477 g/mol. The van der Waals surface area contributed by atoms with Crippen molar-refractivity contribution < 1.29 is 4.74 Å². The molecule has 0 bridgehead atoms. The van der Waals surface area contributed by atoms with E-state index in [1.54, 1.807) is 0 Å². The molecular weight excluding hydrogens is 445 g/mol. The van der Waals surface area contributed by atoms with Crippen molar-refractivity contribution in [1.29, 1.82) is 0 Å². The third-order valence-corrected chi connectivity index (χ3v) is 5.80. The molecule has 2 rings (SSSR count). The van der Waals surface area contributed by atoms with E-state index in [9.17, 15) is 0 Å². The summed E-state index contributed by atoms with van der Waals surface area (Å²) in [6.45, 7) is 10.4. The predicted octanol–water partition coefficient (Wildman–Crippen LogP) is 4.18. The quantitative estimate of drug-likeness (QED) is 0.335. The molecule has 1 fully saturated rings. The fraction of sp³-hybridized carbons (Fsp3) is 0.632. The second kappa shape index (κ2) is 12.0. The van der Waals surface area contributed by atoms with Crippen LogP contribution in [-0.2, 0) is 17.9 Å². The molecule has 142 valence electrons. The average Bonchev–Trinajstić information content (AvgIpc) is 3.03. The van der Waals surface area contributed by atoms with Crippen LogP contribution >= 0.6 is 35.7 Å². The summed E-state index contributed by atoms with van der Waals surface area (Å²) < 4.78 is 5.90. The first kappa shape index (κ1) is 22.6. The maximum absolute atomic E-state index is 5.56. The summed E-state index contributed by atoms with van der Waals surface area (Å²) in [4.78, 5) is 4.77. The van der Waals surface area contributed by atoms with E-state index in [-0.39, 0.29) is 24.0 Å². The minimum Gasteiger partial charge on any atom is -0.377 e. The molecule has 0 amide bonds. The van der Waals surface area contributed by atoms with Gasteiger partial charge in [-0.2, -0.15) is 11.8 Å². The van der Waals surface area contributed by atoms with E-state index in [1.807, 2.05) is 6.92 Å². The Morgan fingerprint density at radius 2 is 2.00 bits per heavy atom. The highest BCUT2D eigenvalue weighted by Gasteiger charge is 2.29. The van der Waals surface area contributed by atoms with Crippen molar-refractivity contribution in [3.05, 3.63) is 35.4 Å². The molecule has 0 spiro atoms. The van der Waals surface area contributed by atoms with Crippen LogP contribution in [0.25, 0.3) is 0 Å². The molecule has 1 atom stereocenters. The Bertz CT molecular complexity index is 533. The second-order valence-corrected chi connectivity index (χ2v) is 8.04. The molecule has 1 aliphatic heterocycles. The zero-order valence-corrected chi connectivity index (χ0v) is 18.8. The van der Waals surface area contributed by atoms with Crippen LogP contribution < -0.4 is 10.6 Å². The summed E-state index contributed by atoms with van der Waals surface area (Å²) >= 11 is 2.07. The number of hydrogen-bond donors (Lipinski definition) is 2. The largest absolute Gasteiger partial charge is 0.377 e. The topological polar surface area (TPSA) is 45.7 Å². The number of rotatable bonds is 8. The molecule has 1 saturated heterocycles. The highest BCUT2D eigenvalue weighted by Crippen LogP contribution is 2.36. The number of aliphatic imine (C=N–C) groups is 1. The van der Waals surface area contributed by atoms with Crippen LogP contribution in [0.3, 0.4) is 0 Å². The lowest BCUT2D eigenvalue weighted by Gasteiger charge is -2.24. The van der Waals surface area contributed by atoms with Gasteiger partial charge in [0.2, 0.25) is 0 Å². The third kappa shape index (κ3) is 7.74. The zero-order chi connectivity index (χ0) is 17.3. The highest BCUT2D eigenvalue weighted by molar-refractivity contribution is 14.0. The lowest BCUT2D eigenvalue weighted by Crippen LogP contribution is -2.43. The fourth-order valence-corrected chi connectivity index (χ4v) is 4.06. The van der Waals surface area contributed by atoms with E-state index in [0.717, 1.165) is 25.7 Å². The van der Waals surface area contributed by atoms with Gasteiger partial charge >= 0.3 is 0 Å². The maximum atomic E-state index is 5.56. The fourth-order valence-electron chi connectivity index (χ4n) is 2.82. The summed E-state index contributed by atoms with van der Waals surface area (Å²) in [5.41, 5.74) is 2.45. The van der Waals surface area contributed by atoms with Crippen molar-refractivity contribution in [3.63, 3.8) is 0 Å². The summed E-state index contributed by atoms with van der Waals surface area (Å²) in [5.74, 6) is 2.17. The van der Waals surface area contributed by atoms with Gasteiger partial charge < -0.3 is 15.4 Å². The summed E-state index contributed by atoms with van der Waals surface area (Å²) in [6.07, 6.45) is 2.60. The van der Waals surface area contributed by atoms with E-state index >= 15 is 0 Å². The first-order chi connectivity index (χ1) is 11.7. The second-order valence-electron chi connectivity index (χ2n) is 6.36. The van der Waals surface area contributed by atoms with E-state index < -0.39 is 0 Å². The van der Waals surface area contributed by atoms with Gasteiger partial charge in [0.1, 0.15) is 0 Å². The van der Waals surface area contributed by atoms with E-state index in [4.69, 9.17) is 9.73 Å². The number of nitrogens with zero attached hydrogens (tertiary/aromatic N) is 1. The van der Waals surface area contributed by atoms with Crippen molar-refractivity contribution in [1.82, 2.24) is 10.6 Å². The smallest absolute Gasteiger partial charge is 0.191 e. The van der Waals surface area contributed by atoms with Gasteiger partial charge in [0.05, 0.1) is 13.2 Å². The number of halogens is 1. The maximum Gasteiger partial charge on any atom is 0.191 e. The molecule has 6 heteroatoms. The van der Waals surface area contributed by atoms with Crippen LogP contribution in [0.5, 0.6) is 0 Å². The van der Waals surface area contributed by atoms with Gasteiger partial charge in [-0.05, 0) is 50.5 Å². The molecule has 0 aliphatic carbocycles. The molecule has 0 aromatic heterocycles. The number of ether oxygens (including phenoxy) is 1. The van der Waals surface area contributed by atoms with E-state index in [0.29, 0.717) is 17.9 Å². The molecule has 0 saturated carbocycles. The van der Waals surface area contributed by atoms with Crippen molar-refractivity contribution in [2.45, 2.75) is 51.5 Å². The molecule has 1 aromatic carbocycles. The van der Waals surface area contributed by atoms with Crippen molar-refractivity contribution in [2.75, 3.05) is 25.4 Å². The monoisotopic (exact) mass is 477 g/mol. The number of thioether (sulfide) groups is 1. The van der Waals surface area contributed by atoms with Gasteiger partial charge in [0.25, 0.3) is 0 Å². The minimum absolute atomic E-state index is 0. The number of guanidine groups is 1. The van der Waals surface area contributed by atoms with Gasteiger partial charge in [0.15, 0.2) is 5.96 Å². The first-order valence-electron chi connectivity index (χ1n) is 8.97. The van der Waals surface area contributed by atoms with E-state index in [1.165, 1.54) is 29.7 Å². The van der Waals surface area contributed by atoms with Crippen LogP contribution in [0.15, 0.2) is 29.3 Å². The predicted molar refractivity (Wildman–Crippen MR) is 120 cm³/mol. The molecule has 1 unspecified atom stereocenters. The minimum atomic E-state index is 0. The Morgan fingerprint density at radius 1 is 1.24 bits per heavy atom. The van der Waals surface area contributed by atoms with Gasteiger partial charge in [-0.15, -0.1) is 24.0 Å². The highest BCUT2D eigenvalue weighted by atomic mass is 127. The van der Waals surface area contributed by atoms with Crippen molar-refractivity contribution >= 4 is 41.7 Å². The van der Waals surface area contributed by atoms with Gasteiger partial charge in [-0.1, -0.05) is 24.3 Å². The number of benzene rings is 1. The lowest BCUT2D eigenvalue weighted by molar-refractivity contribution is 0.133.